The maximum atomic E-state index is 11.7. The second kappa shape index (κ2) is 9.23. The third-order valence-corrected chi connectivity index (χ3v) is 4.27. The molecular weight excluding hydrogens is 323 g/mol. The number of halogens is 2. The van der Waals surface area contributed by atoms with Crippen molar-refractivity contribution in [3.63, 3.8) is 0 Å². The van der Waals surface area contributed by atoms with Gasteiger partial charge < -0.3 is 15.4 Å². The van der Waals surface area contributed by atoms with Crippen molar-refractivity contribution in [2.75, 3.05) is 26.2 Å². The number of amides is 1. The molecule has 1 heterocycles. The van der Waals surface area contributed by atoms with Gasteiger partial charge in [0, 0.05) is 18.0 Å². The Balaban J connectivity index is 1.53. The highest BCUT2D eigenvalue weighted by Crippen LogP contribution is 2.27. The molecule has 1 fully saturated rings. The molecule has 1 unspecified atom stereocenters. The van der Waals surface area contributed by atoms with Crippen molar-refractivity contribution in [1.82, 2.24) is 10.6 Å². The van der Waals surface area contributed by atoms with Crippen molar-refractivity contribution >= 4 is 29.1 Å². The molecule has 4 nitrogen and oxygen atoms in total. The lowest BCUT2D eigenvalue weighted by atomic mass is 10.0. The van der Waals surface area contributed by atoms with Gasteiger partial charge in [-0.15, -0.1) is 0 Å². The molecule has 0 spiro atoms. The quantitative estimate of drug-likeness (QED) is 0.711. The molecule has 1 aromatic rings. The summed E-state index contributed by atoms with van der Waals surface area (Å²) in [7, 11) is 0. The van der Waals surface area contributed by atoms with E-state index >= 15 is 0 Å². The van der Waals surface area contributed by atoms with Gasteiger partial charge in [-0.1, -0.05) is 23.2 Å². The number of hydrogen-bond donors (Lipinski definition) is 2. The molecule has 2 rings (SSSR count). The van der Waals surface area contributed by atoms with Crippen molar-refractivity contribution in [3.05, 3.63) is 28.2 Å². The van der Waals surface area contributed by atoms with Crippen molar-refractivity contribution < 1.29 is 9.53 Å². The van der Waals surface area contributed by atoms with Gasteiger partial charge in [0.15, 0.2) is 0 Å². The summed E-state index contributed by atoms with van der Waals surface area (Å²) in [5.74, 6) is 1.39. The van der Waals surface area contributed by atoms with E-state index in [1.807, 2.05) is 0 Å². The van der Waals surface area contributed by atoms with Crippen LogP contribution in [0.5, 0.6) is 5.75 Å². The van der Waals surface area contributed by atoms with Gasteiger partial charge in [0.25, 0.3) is 0 Å². The zero-order valence-corrected chi connectivity index (χ0v) is 14.1. The highest BCUT2D eigenvalue weighted by atomic mass is 35.5. The Bertz CT molecular complexity index is 491. The van der Waals surface area contributed by atoms with E-state index in [4.69, 9.17) is 27.9 Å². The number of hydrogen-bond acceptors (Lipinski definition) is 3. The summed E-state index contributed by atoms with van der Waals surface area (Å²) < 4.78 is 5.56. The number of carbonyl (C=O) groups excluding carboxylic acids is 1. The summed E-state index contributed by atoms with van der Waals surface area (Å²) in [4.78, 5) is 11.7. The number of ether oxygens (including phenoxy) is 1. The van der Waals surface area contributed by atoms with Crippen LogP contribution >= 0.6 is 23.2 Å². The van der Waals surface area contributed by atoms with Crippen molar-refractivity contribution in [3.8, 4) is 5.75 Å². The molecule has 0 radical (unpaired) electrons. The average molecular weight is 345 g/mol. The summed E-state index contributed by atoms with van der Waals surface area (Å²) in [5.41, 5.74) is 0. The molecule has 0 bridgehead atoms. The lowest BCUT2D eigenvalue weighted by Gasteiger charge is -2.10. The highest BCUT2D eigenvalue weighted by molar-refractivity contribution is 6.35. The minimum atomic E-state index is 0.122. The van der Waals surface area contributed by atoms with E-state index in [0.29, 0.717) is 41.3 Å². The fourth-order valence-corrected chi connectivity index (χ4v) is 2.92. The Morgan fingerprint density at radius 2 is 2.27 bits per heavy atom. The fourth-order valence-electron chi connectivity index (χ4n) is 2.46. The van der Waals surface area contributed by atoms with E-state index in [9.17, 15) is 4.79 Å². The molecule has 1 aromatic carbocycles. The van der Waals surface area contributed by atoms with E-state index in [2.05, 4.69) is 10.6 Å². The van der Waals surface area contributed by atoms with E-state index in [1.165, 1.54) is 6.42 Å². The Labute approximate surface area is 141 Å². The van der Waals surface area contributed by atoms with Crippen LogP contribution in [0.4, 0.5) is 0 Å². The van der Waals surface area contributed by atoms with E-state index in [0.717, 1.165) is 25.9 Å². The topological polar surface area (TPSA) is 50.4 Å². The van der Waals surface area contributed by atoms with E-state index < -0.39 is 0 Å². The third-order valence-electron chi connectivity index (χ3n) is 3.74. The number of benzene rings is 1. The lowest BCUT2D eigenvalue weighted by Crippen LogP contribution is -2.26. The van der Waals surface area contributed by atoms with Crippen LogP contribution in [0.2, 0.25) is 10.0 Å². The summed E-state index contributed by atoms with van der Waals surface area (Å²) in [6.45, 7) is 3.25. The Morgan fingerprint density at radius 3 is 3.00 bits per heavy atom. The maximum Gasteiger partial charge on any atom is 0.220 e. The molecule has 1 saturated heterocycles. The summed E-state index contributed by atoms with van der Waals surface area (Å²) in [6, 6.07) is 5.14. The Hall–Kier alpha value is -0.970. The van der Waals surface area contributed by atoms with Gasteiger partial charge in [0.05, 0.1) is 11.6 Å². The minimum Gasteiger partial charge on any atom is -0.492 e. The SMILES string of the molecule is O=C(CCC1CCNC1)NCCCOc1ccc(Cl)cc1Cl. The lowest BCUT2D eigenvalue weighted by molar-refractivity contribution is -0.121. The molecule has 1 aliphatic heterocycles. The van der Waals surface area contributed by atoms with Crippen LogP contribution in [0.15, 0.2) is 18.2 Å². The van der Waals surface area contributed by atoms with Gasteiger partial charge in [-0.2, -0.15) is 0 Å². The van der Waals surface area contributed by atoms with Crippen LogP contribution in [0.3, 0.4) is 0 Å². The third kappa shape index (κ3) is 6.03. The summed E-state index contributed by atoms with van der Waals surface area (Å²) in [6.07, 6.45) is 3.50. The number of carbonyl (C=O) groups is 1. The second-order valence-corrected chi connectivity index (χ2v) is 6.37. The second-order valence-electron chi connectivity index (χ2n) is 5.52. The molecule has 1 aliphatic rings. The van der Waals surface area contributed by atoms with Crippen LogP contribution in [0.1, 0.15) is 25.7 Å². The van der Waals surface area contributed by atoms with Crippen LogP contribution in [0, 0.1) is 5.92 Å². The minimum absolute atomic E-state index is 0.122. The summed E-state index contributed by atoms with van der Waals surface area (Å²) in [5, 5.41) is 7.32. The first-order chi connectivity index (χ1) is 10.6. The fraction of sp³-hybridized carbons (Fsp3) is 0.562. The van der Waals surface area contributed by atoms with Crippen LogP contribution < -0.4 is 15.4 Å². The molecule has 0 saturated carbocycles. The van der Waals surface area contributed by atoms with E-state index in [-0.39, 0.29) is 5.91 Å². The van der Waals surface area contributed by atoms with Crippen molar-refractivity contribution in [2.45, 2.75) is 25.7 Å². The van der Waals surface area contributed by atoms with Crippen LogP contribution in [-0.2, 0) is 4.79 Å². The van der Waals surface area contributed by atoms with Gasteiger partial charge in [0.1, 0.15) is 5.75 Å². The Morgan fingerprint density at radius 1 is 1.41 bits per heavy atom. The number of rotatable bonds is 8. The molecule has 6 heteroatoms. The van der Waals surface area contributed by atoms with Crippen LogP contribution in [-0.4, -0.2) is 32.1 Å². The molecule has 22 heavy (non-hydrogen) atoms. The normalized spacial score (nSPS) is 17.5. The van der Waals surface area contributed by atoms with Gasteiger partial charge in [-0.3, -0.25) is 4.79 Å². The standard InChI is InChI=1S/C16H22Cl2N2O2/c17-13-3-4-15(14(18)10-13)22-9-1-7-20-16(21)5-2-12-6-8-19-11-12/h3-4,10,12,19H,1-2,5-9,11H2,(H,20,21). The zero-order valence-electron chi connectivity index (χ0n) is 12.5. The van der Waals surface area contributed by atoms with Crippen molar-refractivity contribution in [2.24, 2.45) is 5.92 Å². The number of nitrogens with one attached hydrogen (secondary N) is 2. The van der Waals surface area contributed by atoms with Gasteiger partial charge in [-0.05, 0) is 56.5 Å². The molecule has 1 amide bonds. The largest absolute Gasteiger partial charge is 0.492 e. The molecule has 122 valence electrons. The zero-order chi connectivity index (χ0) is 15.8. The van der Waals surface area contributed by atoms with Crippen LogP contribution in [0.25, 0.3) is 0 Å². The molecule has 0 aliphatic carbocycles. The first-order valence-electron chi connectivity index (χ1n) is 7.70. The predicted molar refractivity (Wildman–Crippen MR) is 89.8 cm³/mol. The average Bonchev–Trinajstić information content (AvgIpc) is 3.00. The molecular formula is C16H22Cl2N2O2. The van der Waals surface area contributed by atoms with Gasteiger partial charge in [-0.25, -0.2) is 0 Å². The first kappa shape index (κ1) is 17.4. The smallest absolute Gasteiger partial charge is 0.220 e. The maximum absolute atomic E-state index is 11.7. The predicted octanol–water partition coefficient (Wildman–Crippen LogP) is 3.27. The molecule has 1 atom stereocenters. The Kier molecular flexibility index (Phi) is 7.30. The first-order valence-corrected chi connectivity index (χ1v) is 8.46. The summed E-state index contributed by atoms with van der Waals surface area (Å²) >= 11 is 11.8. The van der Waals surface area contributed by atoms with E-state index in [1.54, 1.807) is 18.2 Å². The van der Waals surface area contributed by atoms with Gasteiger partial charge in [0.2, 0.25) is 5.91 Å². The van der Waals surface area contributed by atoms with Crippen molar-refractivity contribution in [1.29, 1.82) is 0 Å². The van der Waals surface area contributed by atoms with Gasteiger partial charge >= 0.3 is 0 Å². The molecule has 0 aromatic heterocycles. The monoisotopic (exact) mass is 344 g/mol. The molecule has 2 N–H and O–H groups in total. The highest BCUT2D eigenvalue weighted by Gasteiger charge is 2.15.